The van der Waals surface area contributed by atoms with Gasteiger partial charge >= 0.3 is 0 Å². The first-order valence-corrected chi connectivity index (χ1v) is 12.1. The number of carbonyl (C=O) groups is 1. The number of hydrogen-bond acceptors (Lipinski definition) is 1. The van der Waals surface area contributed by atoms with E-state index in [1.807, 2.05) is 35.2 Å². The van der Waals surface area contributed by atoms with E-state index in [4.69, 9.17) is 0 Å². The molecule has 0 radical (unpaired) electrons. The summed E-state index contributed by atoms with van der Waals surface area (Å²) in [5.41, 5.74) is 1.02. The maximum atomic E-state index is 12.4. The van der Waals surface area contributed by atoms with Crippen molar-refractivity contribution in [3.05, 3.63) is 30.3 Å². The summed E-state index contributed by atoms with van der Waals surface area (Å²) in [4.78, 5) is 14.3. The Kier molecular flexibility index (Phi) is 15.7. The maximum absolute atomic E-state index is 12.4. The maximum Gasteiger partial charge on any atom is 0.226 e. The van der Waals surface area contributed by atoms with Gasteiger partial charge in [0.25, 0.3) is 0 Å². The third-order valence-electron chi connectivity index (χ3n) is 5.68. The second-order valence-corrected chi connectivity index (χ2v) is 8.17. The van der Waals surface area contributed by atoms with Crippen molar-refractivity contribution in [2.45, 2.75) is 117 Å². The van der Waals surface area contributed by atoms with Gasteiger partial charge in [-0.25, -0.2) is 0 Å². The minimum atomic E-state index is 0.267. The van der Waals surface area contributed by atoms with E-state index < -0.39 is 0 Å². The highest BCUT2D eigenvalue weighted by molar-refractivity contribution is 5.93. The second kappa shape index (κ2) is 17.8. The Balaban J connectivity index is 1.90. The summed E-state index contributed by atoms with van der Waals surface area (Å²) in [6.45, 7) is 5.09. The van der Waals surface area contributed by atoms with Crippen molar-refractivity contribution in [2.75, 3.05) is 11.4 Å². The predicted molar refractivity (Wildman–Crippen MR) is 124 cm³/mol. The Morgan fingerprint density at radius 1 is 0.643 bits per heavy atom. The van der Waals surface area contributed by atoms with Crippen molar-refractivity contribution in [3.8, 4) is 0 Å². The summed E-state index contributed by atoms with van der Waals surface area (Å²) in [6, 6.07) is 10.0. The molecule has 0 heterocycles. The Bertz CT molecular complexity index is 471. The van der Waals surface area contributed by atoms with Gasteiger partial charge in [-0.1, -0.05) is 115 Å². The zero-order valence-corrected chi connectivity index (χ0v) is 18.8. The van der Waals surface area contributed by atoms with E-state index in [9.17, 15) is 4.79 Å². The molecule has 1 aromatic rings. The number of unbranched alkanes of at least 4 members (excludes halogenated alkanes) is 14. The largest absolute Gasteiger partial charge is 0.313 e. The van der Waals surface area contributed by atoms with Crippen LogP contribution in [-0.4, -0.2) is 12.5 Å². The fraction of sp³-hybridized carbons (Fsp3) is 0.731. The highest BCUT2D eigenvalue weighted by atomic mass is 16.2. The summed E-state index contributed by atoms with van der Waals surface area (Å²) in [5.74, 6) is 0.267. The van der Waals surface area contributed by atoms with Gasteiger partial charge in [0.15, 0.2) is 0 Å². The van der Waals surface area contributed by atoms with Crippen LogP contribution in [0, 0.1) is 0 Å². The van der Waals surface area contributed by atoms with E-state index in [0.29, 0.717) is 6.42 Å². The van der Waals surface area contributed by atoms with Gasteiger partial charge in [0.2, 0.25) is 5.91 Å². The van der Waals surface area contributed by atoms with E-state index in [0.717, 1.165) is 18.7 Å². The lowest BCUT2D eigenvalue weighted by Crippen LogP contribution is -2.30. The molecule has 0 aliphatic carbocycles. The first-order valence-electron chi connectivity index (χ1n) is 12.1. The number of amides is 1. The Labute approximate surface area is 175 Å². The smallest absolute Gasteiger partial charge is 0.226 e. The van der Waals surface area contributed by atoms with Crippen LogP contribution in [-0.2, 0) is 4.79 Å². The summed E-state index contributed by atoms with van der Waals surface area (Å²) >= 11 is 0. The lowest BCUT2D eigenvalue weighted by Gasteiger charge is -2.21. The Hall–Kier alpha value is -1.31. The molecule has 0 fully saturated rings. The molecule has 0 N–H and O–H groups in total. The molecule has 0 aliphatic heterocycles. The lowest BCUT2D eigenvalue weighted by atomic mass is 10.0. The zero-order valence-electron chi connectivity index (χ0n) is 18.8. The number of rotatable bonds is 18. The quantitative estimate of drug-likeness (QED) is 0.232. The Morgan fingerprint density at radius 3 is 1.50 bits per heavy atom. The zero-order chi connectivity index (χ0) is 20.3. The monoisotopic (exact) mass is 387 g/mol. The van der Waals surface area contributed by atoms with Crippen LogP contribution in [0.25, 0.3) is 0 Å². The van der Waals surface area contributed by atoms with E-state index in [-0.39, 0.29) is 5.91 Å². The topological polar surface area (TPSA) is 20.3 Å². The van der Waals surface area contributed by atoms with E-state index in [2.05, 4.69) is 13.8 Å². The summed E-state index contributed by atoms with van der Waals surface area (Å²) in [5, 5.41) is 0. The molecule has 0 bridgehead atoms. The molecule has 0 aliphatic rings. The summed E-state index contributed by atoms with van der Waals surface area (Å²) in [6.07, 6.45) is 21.1. The number of carbonyl (C=O) groups excluding carboxylic acids is 1. The minimum absolute atomic E-state index is 0.267. The van der Waals surface area contributed by atoms with Crippen LogP contribution in [0.2, 0.25) is 0 Å². The SMILES string of the molecule is CCCCCCCCCCCCCCCCCC(=O)N(CC)c1ccccc1. The van der Waals surface area contributed by atoms with Gasteiger partial charge in [-0.15, -0.1) is 0 Å². The molecule has 0 saturated carbocycles. The first-order chi connectivity index (χ1) is 13.8. The van der Waals surface area contributed by atoms with E-state index in [1.54, 1.807) is 0 Å². The van der Waals surface area contributed by atoms with Crippen molar-refractivity contribution in [1.29, 1.82) is 0 Å². The van der Waals surface area contributed by atoms with Gasteiger partial charge in [0.1, 0.15) is 0 Å². The highest BCUT2D eigenvalue weighted by Gasteiger charge is 2.12. The van der Waals surface area contributed by atoms with Gasteiger partial charge in [-0.2, -0.15) is 0 Å². The molecule has 0 spiro atoms. The van der Waals surface area contributed by atoms with E-state index in [1.165, 1.54) is 89.9 Å². The van der Waals surface area contributed by atoms with Gasteiger partial charge < -0.3 is 4.90 Å². The minimum Gasteiger partial charge on any atom is -0.313 e. The molecule has 28 heavy (non-hydrogen) atoms. The van der Waals surface area contributed by atoms with Crippen molar-refractivity contribution in [1.82, 2.24) is 0 Å². The number of anilines is 1. The molecule has 1 aromatic carbocycles. The number of nitrogens with zero attached hydrogens (tertiary/aromatic N) is 1. The molecule has 2 nitrogen and oxygen atoms in total. The van der Waals surface area contributed by atoms with Gasteiger partial charge in [0.05, 0.1) is 0 Å². The predicted octanol–water partition coefficient (Wildman–Crippen LogP) is 8.30. The van der Waals surface area contributed by atoms with Crippen molar-refractivity contribution in [3.63, 3.8) is 0 Å². The molecule has 1 amide bonds. The molecule has 0 atom stereocenters. The van der Waals surface area contributed by atoms with Crippen LogP contribution < -0.4 is 4.90 Å². The second-order valence-electron chi connectivity index (χ2n) is 8.17. The van der Waals surface area contributed by atoms with Crippen LogP contribution in [0.5, 0.6) is 0 Å². The third-order valence-corrected chi connectivity index (χ3v) is 5.68. The molecule has 160 valence electrons. The molecular weight excluding hydrogens is 342 g/mol. The van der Waals surface area contributed by atoms with Crippen molar-refractivity contribution in [2.24, 2.45) is 0 Å². The lowest BCUT2D eigenvalue weighted by molar-refractivity contribution is -0.118. The molecule has 0 aromatic heterocycles. The van der Waals surface area contributed by atoms with Crippen LogP contribution in [0.4, 0.5) is 5.69 Å². The van der Waals surface area contributed by atoms with Crippen LogP contribution in [0.3, 0.4) is 0 Å². The van der Waals surface area contributed by atoms with E-state index >= 15 is 0 Å². The van der Waals surface area contributed by atoms with Crippen molar-refractivity contribution < 1.29 is 4.79 Å². The number of para-hydroxylation sites is 1. The molecular formula is C26H45NO. The molecule has 1 rings (SSSR count). The Morgan fingerprint density at radius 2 is 1.07 bits per heavy atom. The summed E-state index contributed by atoms with van der Waals surface area (Å²) < 4.78 is 0. The number of hydrogen-bond donors (Lipinski definition) is 0. The average molecular weight is 388 g/mol. The molecule has 0 saturated heterocycles. The van der Waals surface area contributed by atoms with Gasteiger partial charge in [-0.3, -0.25) is 4.79 Å². The molecule has 0 unspecified atom stereocenters. The number of benzene rings is 1. The average Bonchev–Trinajstić information content (AvgIpc) is 2.72. The normalized spacial score (nSPS) is 10.9. The van der Waals surface area contributed by atoms with Gasteiger partial charge in [-0.05, 0) is 25.5 Å². The fourth-order valence-corrected chi connectivity index (χ4v) is 3.89. The fourth-order valence-electron chi connectivity index (χ4n) is 3.89. The first kappa shape index (κ1) is 24.7. The van der Waals surface area contributed by atoms with Crippen LogP contribution >= 0.6 is 0 Å². The van der Waals surface area contributed by atoms with Crippen LogP contribution in [0.1, 0.15) is 117 Å². The van der Waals surface area contributed by atoms with Crippen LogP contribution in [0.15, 0.2) is 30.3 Å². The molecule has 2 heteroatoms. The van der Waals surface area contributed by atoms with Crippen molar-refractivity contribution >= 4 is 11.6 Å². The summed E-state index contributed by atoms with van der Waals surface area (Å²) in [7, 11) is 0. The standard InChI is InChI=1S/C26H45NO/c1-3-5-6-7-8-9-10-11-12-13-14-15-16-17-21-24-26(28)27(4-2)25-22-19-18-20-23-25/h18-20,22-23H,3-17,21,24H2,1-2H3. The highest BCUT2D eigenvalue weighted by Crippen LogP contribution is 2.17. The van der Waals surface area contributed by atoms with Gasteiger partial charge in [0, 0.05) is 18.7 Å². The third kappa shape index (κ3) is 12.2.